The van der Waals surface area contributed by atoms with Crippen LogP contribution >= 0.6 is 0 Å². The first-order chi connectivity index (χ1) is 7.79. The molecule has 82 valence electrons. The van der Waals surface area contributed by atoms with Gasteiger partial charge in [-0.3, -0.25) is 9.97 Å². The van der Waals surface area contributed by atoms with E-state index in [-0.39, 0.29) is 0 Å². The highest BCUT2D eigenvalue weighted by Gasteiger charge is 2.04. The van der Waals surface area contributed by atoms with E-state index in [0.29, 0.717) is 0 Å². The van der Waals surface area contributed by atoms with E-state index in [9.17, 15) is 0 Å². The molecule has 0 spiro atoms. The van der Waals surface area contributed by atoms with Crippen LogP contribution in [0, 0.1) is 6.92 Å². The van der Waals surface area contributed by atoms with Crippen LogP contribution in [-0.2, 0) is 0 Å². The lowest BCUT2D eigenvalue weighted by Gasteiger charge is -2.05. The molecule has 0 aliphatic heterocycles. The van der Waals surface area contributed by atoms with E-state index in [1.54, 1.807) is 18.6 Å². The van der Waals surface area contributed by atoms with Gasteiger partial charge in [0.25, 0.3) is 0 Å². The maximum atomic E-state index is 4.33. The predicted octanol–water partition coefficient (Wildman–Crippen LogP) is 1.67. The van der Waals surface area contributed by atoms with Crippen molar-refractivity contribution in [2.45, 2.75) is 13.8 Å². The molecule has 2 aromatic heterocycles. The van der Waals surface area contributed by atoms with Crippen LogP contribution in [0.25, 0.3) is 11.4 Å². The van der Waals surface area contributed by atoms with Gasteiger partial charge in [-0.2, -0.15) is 0 Å². The van der Waals surface area contributed by atoms with Gasteiger partial charge in [0.15, 0.2) is 0 Å². The molecule has 0 bridgehead atoms. The van der Waals surface area contributed by atoms with Crippen LogP contribution in [0.15, 0.2) is 24.7 Å². The Kier molecular flexibility index (Phi) is 3.05. The van der Waals surface area contributed by atoms with Crippen molar-refractivity contribution in [1.82, 2.24) is 19.9 Å². The van der Waals surface area contributed by atoms with Gasteiger partial charge in [0.05, 0.1) is 11.9 Å². The number of rotatable bonds is 3. The molecule has 5 heteroatoms. The standard InChI is InChI=1S/C11H13N5/c1-3-13-11-6-9(15-8(2)16-11)10-7-12-4-5-14-10/h4-7H,3H2,1-2H3,(H,13,15,16). The minimum Gasteiger partial charge on any atom is -0.370 e. The highest BCUT2D eigenvalue weighted by atomic mass is 15.0. The quantitative estimate of drug-likeness (QED) is 0.843. The Hall–Kier alpha value is -2.04. The zero-order chi connectivity index (χ0) is 11.4. The molecule has 16 heavy (non-hydrogen) atoms. The molecule has 0 aromatic carbocycles. The molecule has 0 amide bonds. The van der Waals surface area contributed by atoms with Crippen LogP contribution in [0.4, 0.5) is 5.82 Å². The number of nitrogens with one attached hydrogen (secondary N) is 1. The van der Waals surface area contributed by atoms with E-state index in [1.165, 1.54) is 0 Å². The van der Waals surface area contributed by atoms with Crippen molar-refractivity contribution in [3.8, 4) is 11.4 Å². The van der Waals surface area contributed by atoms with Gasteiger partial charge in [-0.05, 0) is 13.8 Å². The third-order valence-electron chi connectivity index (χ3n) is 2.02. The number of aromatic nitrogens is 4. The third kappa shape index (κ3) is 2.31. The molecule has 0 saturated heterocycles. The second-order valence-corrected chi connectivity index (χ2v) is 3.31. The Morgan fingerprint density at radius 3 is 2.75 bits per heavy atom. The first-order valence-electron chi connectivity index (χ1n) is 5.15. The summed E-state index contributed by atoms with van der Waals surface area (Å²) in [4.78, 5) is 16.8. The maximum Gasteiger partial charge on any atom is 0.130 e. The fourth-order valence-corrected chi connectivity index (χ4v) is 1.40. The molecule has 2 heterocycles. The molecule has 0 radical (unpaired) electrons. The van der Waals surface area contributed by atoms with Gasteiger partial charge in [0.1, 0.15) is 17.3 Å². The molecular formula is C11H13N5. The molecule has 0 fully saturated rings. The highest BCUT2D eigenvalue weighted by Crippen LogP contribution is 2.16. The van der Waals surface area contributed by atoms with Crippen molar-refractivity contribution in [3.05, 3.63) is 30.5 Å². The average molecular weight is 215 g/mol. The fourth-order valence-electron chi connectivity index (χ4n) is 1.40. The highest BCUT2D eigenvalue weighted by molar-refractivity contribution is 5.57. The summed E-state index contributed by atoms with van der Waals surface area (Å²) in [6, 6.07) is 1.88. The molecular weight excluding hydrogens is 202 g/mol. The van der Waals surface area contributed by atoms with Crippen molar-refractivity contribution >= 4 is 5.82 Å². The first-order valence-corrected chi connectivity index (χ1v) is 5.15. The smallest absolute Gasteiger partial charge is 0.130 e. The molecule has 0 saturated carbocycles. The number of nitrogens with zero attached hydrogens (tertiary/aromatic N) is 4. The molecule has 0 atom stereocenters. The Morgan fingerprint density at radius 2 is 2.06 bits per heavy atom. The molecule has 5 nitrogen and oxygen atoms in total. The normalized spacial score (nSPS) is 10.1. The Balaban J connectivity index is 2.41. The summed E-state index contributed by atoms with van der Waals surface area (Å²) in [5, 5.41) is 3.16. The Bertz CT molecular complexity index is 469. The molecule has 0 aliphatic rings. The maximum absolute atomic E-state index is 4.33. The van der Waals surface area contributed by atoms with Gasteiger partial charge in [-0.25, -0.2) is 9.97 Å². The first kappa shape index (κ1) is 10.5. The van der Waals surface area contributed by atoms with Gasteiger partial charge in [-0.1, -0.05) is 0 Å². The lowest BCUT2D eigenvalue weighted by Crippen LogP contribution is -2.02. The van der Waals surface area contributed by atoms with Gasteiger partial charge < -0.3 is 5.32 Å². The fraction of sp³-hybridized carbons (Fsp3) is 0.273. The summed E-state index contributed by atoms with van der Waals surface area (Å²) in [5.41, 5.74) is 1.55. The number of hydrogen-bond donors (Lipinski definition) is 1. The summed E-state index contributed by atoms with van der Waals surface area (Å²) >= 11 is 0. The summed E-state index contributed by atoms with van der Waals surface area (Å²) in [6.45, 7) is 4.72. The van der Waals surface area contributed by atoms with E-state index in [0.717, 1.165) is 29.6 Å². The summed E-state index contributed by atoms with van der Waals surface area (Å²) in [7, 11) is 0. The van der Waals surface area contributed by atoms with Crippen molar-refractivity contribution in [2.24, 2.45) is 0 Å². The second kappa shape index (κ2) is 4.65. The SMILES string of the molecule is CCNc1cc(-c2cnccn2)nc(C)n1. The van der Waals surface area contributed by atoms with Gasteiger partial charge in [-0.15, -0.1) is 0 Å². The van der Waals surface area contributed by atoms with E-state index in [2.05, 4.69) is 25.3 Å². The predicted molar refractivity (Wildman–Crippen MR) is 62.0 cm³/mol. The second-order valence-electron chi connectivity index (χ2n) is 3.31. The van der Waals surface area contributed by atoms with Crippen molar-refractivity contribution in [2.75, 3.05) is 11.9 Å². The van der Waals surface area contributed by atoms with Crippen LogP contribution in [0.3, 0.4) is 0 Å². The topological polar surface area (TPSA) is 63.6 Å². The summed E-state index contributed by atoms with van der Waals surface area (Å²) < 4.78 is 0. The van der Waals surface area contributed by atoms with Gasteiger partial charge >= 0.3 is 0 Å². The van der Waals surface area contributed by atoms with Crippen molar-refractivity contribution < 1.29 is 0 Å². The average Bonchev–Trinajstić information content (AvgIpc) is 2.30. The third-order valence-corrected chi connectivity index (χ3v) is 2.02. The molecule has 0 unspecified atom stereocenters. The van der Waals surface area contributed by atoms with Crippen molar-refractivity contribution in [1.29, 1.82) is 0 Å². The molecule has 1 N–H and O–H groups in total. The lowest BCUT2D eigenvalue weighted by molar-refractivity contribution is 1.03. The van der Waals surface area contributed by atoms with E-state index < -0.39 is 0 Å². The molecule has 0 aliphatic carbocycles. The lowest BCUT2D eigenvalue weighted by atomic mass is 10.3. The number of anilines is 1. The van der Waals surface area contributed by atoms with Crippen LogP contribution in [0.5, 0.6) is 0 Å². The Morgan fingerprint density at radius 1 is 1.19 bits per heavy atom. The van der Waals surface area contributed by atoms with E-state index in [4.69, 9.17) is 0 Å². The summed E-state index contributed by atoms with van der Waals surface area (Å²) in [6.07, 6.45) is 4.99. The number of aryl methyl sites for hydroxylation is 1. The zero-order valence-electron chi connectivity index (χ0n) is 9.31. The minimum atomic E-state index is 0.721. The minimum absolute atomic E-state index is 0.721. The largest absolute Gasteiger partial charge is 0.370 e. The van der Waals surface area contributed by atoms with Gasteiger partial charge in [0, 0.05) is 25.0 Å². The van der Waals surface area contributed by atoms with Crippen LogP contribution in [0.2, 0.25) is 0 Å². The van der Waals surface area contributed by atoms with Gasteiger partial charge in [0.2, 0.25) is 0 Å². The van der Waals surface area contributed by atoms with Crippen LogP contribution in [0.1, 0.15) is 12.7 Å². The van der Waals surface area contributed by atoms with E-state index >= 15 is 0 Å². The molecule has 2 aromatic rings. The summed E-state index contributed by atoms with van der Waals surface area (Å²) in [5.74, 6) is 1.54. The van der Waals surface area contributed by atoms with E-state index in [1.807, 2.05) is 19.9 Å². The zero-order valence-corrected chi connectivity index (χ0v) is 9.31. The van der Waals surface area contributed by atoms with Crippen LogP contribution < -0.4 is 5.32 Å². The monoisotopic (exact) mass is 215 g/mol. The Labute approximate surface area is 94.0 Å². The number of hydrogen-bond acceptors (Lipinski definition) is 5. The van der Waals surface area contributed by atoms with Crippen LogP contribution in [-0.4, -0.2) is 26.5 Å². The van der Waals surface area contributed by atoms with Crippen molar-refractivity contribution in [3.63, 3.8) is 0 Å². The molecule has 2 rings (SSSR count).